The minimum atomic E-state index is -0.464. The number of nitrogens with zero attached hydrogens (tertiary/aromatic N) is 1. The van der Waals surface area contributed by atoms with E-state index in [0.29, 0.717) is 25.1 Å². The molecule has 2 fully saturated rings. The number of aliphatic imine (C=N–C) groups is 1. The van der Waals surface area contributed by atoms with Crippen molar-refractivity contribution in [1.82, 2.24) is 10.6 Å². The first-order valence-electron chi connectivity index (χ1n) is 5.84. The van der Waals surface area contributed by atoms with Gasteiger partial charge in [0.25, 0.3) is 5.91 Å². The summed E-state index contributed by atoms with van der Waals surface area (Å²) in [5.74, 6) is 1.16. The van der Waals surface area contributed by atoms with E-state index in [-0.39, 0.29) is 5.91 Å². The number of amides is 1. The summed E-state index contributed by atoms with van der Waals surface area (Å²) in [6.45, 7) is 6.21. The van der Waals surface area contributed by atoms with Gasteiger partial charge in [-0.2, -0.15) is 0 Å². The molecule has 16 heavy (non-hydrogen) atoms. The first-order chi connectivity index (χ1) is 7.62. The second kappa shape index (κ2) is 4.41. The van der Waals surface area contributed by atoms with Crippen LogP contribution in [0.5, 0.6) is 0 Å². The number of nitrogens with one attached hydrogen (secondary N) is 2. The maximum atomic E-state index is 11.9. The highest BCUT2D eigenvalue weighted by Crippen LogP contribution is 2.23. The number of carbonyl (C=O) groups is 1. The molecule has 2 rings (SSSR count). The zero-order valence-corrected chi connectivity index (χ0v) is 9.88. The van der Waals surface area contributed by atoms with Crippen molar-refractivity contribution in [2.24, 2.45) is 10.9 Å². The molecule has 0 aliphatic carbocycles. The maximum Gasteiger partial charge on any atom is 0.252 e. The molecular weight excluding hydrogens is 206 g/mol. The van der Waals surface area contributed by atoms with Crippen molar-refractivity contribution in [1.29, 1.82) is 0 Å². The number of hydrogen-bond donors (Lipinski definition) is 2. The Hall–Kier alpha value is -1.10. The van der Waals surface area contributed by atoms with Gasteiger partial charge >= 0.3 is 0 Å². The van der Waals surface area contributed by atoms with E-state index in [1.54, 1.807) is 0 Å². The quantitative estimate of drug-likeness (QED) is 0.709. The molecule has 2 aliphatic rings. The van der Waals surface area contributed by atoms with E-state index in [1.165, 1.54) is 0 Å². The van der Waals surface area contributed by atoms with Crippen molar-refractivity contribution in [2.45, 2.75) is 32.2 Å². The van der Waals surface area contributed by atoms with Crippen LogP contribution in [-0.4, -0.2) is 37.2 Å². The summed E-state index contributed by atoms with van der Waals surface area (Å²) in [4.78, 5) is 16.3. The Kier molecular flexibility index (Phi) is 3.14. The normalized spacial score (nSPS) is 26.2. The molecule has 0 aromatic carbocycles. The fraction of sp³-hybridized carbons (Fsp3) is 0.818. The maximum absolute atomic E-state index is 11.9. The second-order valence-corrected chi connectivity index (χ2v) is 4.86. The van der Waals surface area contributed by atoms with Crippen LogP contribution in [0.2, 0.25) is 0 Å². The van der Waals surface area contributed by atoms with Crippen molar-refractivity contribution in [3.8, 4) is 0 Å². The highest BCUT2D eigenvalue weighted by atomic mass is 16.5. The average molecular weight is 225 g/mol. The highest BCUT2D eigenvalue weighted by Gasteiger charge is 2.45. The monoisotopic (exact) mass is 225 g/mol. The summed E-state index contributed by atoms with van der Waals surface area (Å²) in [5.41, 5.74) is -0.464. The van der Waals surface area contributed by atoms with Gasteiger partial charge in [-0.05, 0) is 5.92 Å². The zero-order chi connectivity index (χ0) is 11.6. The Morgan fingerprint density at radius 2 is 2.12 bits per heavy atom. The average Bonchev–Trinajstić information content (AvgIpc) is 2.54. The van der Waals surface area contributed by atoms with Crippen LogP contribution >= 0.6 is 0 Å². The molecule has 0 unspecified atom stereocenters. The molecule has 0 bridgehead atoms. The van der Waals surface area contributed by atoms with Crippen LogP contribution < -0.4 is 10.6 Å². The lowest BCUT2D eigenvalue weighted by molar-refractivity contribution is -0.127. The molecule has 0 aromatic rings. The van der Waals surface area contributed by atoms with Gasteiger partial charge in [0.15, 0.2) is 5.96 Å². The molecule has 1 amide bonds. The second-order valence-electron chi connectivity index (χ2n) is 4.86. The third-order valence-electron chi connectivity index (χ3n) is 2.99. The smallest absolute Gasteiger partial charge is 0.252 e. The van der Waals surface area contributed by atoms with E-state index >= 15 is 0 Å². The van der Waals surface area contributed by atoms with Crippen LogP contribution in [0.15, 0.2) is 4.99 Å². The van der Waals surface area contributed by atoms with Gasteiger partial charge in [-0.3, -0.25) is 15.1 Å². The highest BCUT2D eigenvalue weighted by molar-refractivity contribution is 6.09. The number of carbonyl (C=O) groups excluding carboxylic acids is 1. The van der Waals surface area contributed by atoms with Gasteiger partial charge in [-0.15, -0.1) is 0 Å². The third-order valence-corrected chi connectivity index (χ3v) is 2.99. The summed E-state index contributed by atoms with van der Waals surface area (Å²) in [7, 11) is 0. The third kappa shape index (κ3) is 2.19. The molecule has 2 N–H and O–H groups in total. The summed E-state index contributed by atoms with van der Waals surface area (Å²) >= 11 is 0. The van der Waals surface area contributed by atoms with Crippen LogP contribution in [-0.2, 0) is 9.53 Å². The van der Waals surface area contributed by atoms with E-state index in [9.17, 15) is 4.79 Å². The van der Waals surface area contributed by atoms with Crippen LogP contribution in [0.25, 0.3) is 0 Å². The molecular formula is C11H19N3O2. The van der Waals surface area contributed by atoms with Crippen molar-refractivity contribution >= 4 is 11.9 Å². The standard InChI is InChI=1S/C11H19N3O2/c1-8(2)7-12-10-13-9(15)11(14-10)3-5-16-6-4-11/h8H,3-7H2,1-2H3,(H2,12,13,14,15). The topological polar surface area (TPSA) is 62.7 Å². The van der Waals surface area contributed by atoms with E-state index < -0.39 is 5.54 Å². The molecule has 2 saturated heterocycles. The van der Waals surface area contributed by atoms with Crippen molar-refractivity contribution in [2.75, 3.05) is 19.8 Å². The molecule has 90 valence electrons. The van der Waals surface area contributed by atoms with Crippen LogP contribution in [0.3, 0.4) is 0 Å². The van der Waals surface area contributed by atoms with Gasteiger partial charge in [0, 0.05) is 32.6 Å². The lowest BCUT2D eigenvalue weighted by Crippen LogP contribution is -2.50. The Morgan fingerprint density at radius 1 is 1.44 bits per heavy atom. The molecule has 5 heteroatoms. The summed E-state index contributed by atoms with van der Waals surface area (Å²) < 4.78 is 5.28. The molecule has 0 aromatic heterocycles. The van der Waals surface area contributed by atoms with Gasteiger partial charge in [-0.25, -0.2) is 0 Å². The van der Waals surface area contributed by atoms with E-state index in [0.717, 1.165) is 19.4 Å². The molecule has 2 aliphatic heterocycles. The first kappa shape index (κ1) is 11.4. The van der Waals surface area contributed by atoms with Gasteiger partial charge in [0.1, 0.15) is 5.54 Å². The molecule has 0 saturated carbocycles. The minimum Gasteiger partial charge on any atom is -0.381 e. The van der Waals surface area contributed by atoms with Gasteiger partial charge in [0.05, 0.1) is 0 Å². The Balaban J connectivity index is 2.03. The Bertz CT molecular complexity index is 306. The van der Waals surface area contributed by atoms with Crippen LogP contribution in [0, 0.1) is 5.92 Å². The summed E-state index contributed by atoms with van der Waals surface area (Å²) in [6, 6.07) is 0. The molecule has 5 nitrogen and oxygen atoms in total. The predicted molar refractivity (Wildman–Crippen MR) is 61.2 cm³/mol. The first-order valence-corrected chi connectivity index (χ1v) is 5.84. The lowest BCUT2D eigenvalue weighted by Gasteiger charge is -2.30. The van der Waals surface area contributed by atoms with Gasteiger partial charge in [0.2, 0.25) is 0 Å². The zero-order valence-electron chi connectivity index (χ0n) is 9.88. The van der Waals surface area contributed by atoms with E-state index in [1.807, 2.05) is 0 Å². The molecule has 0 radical (unpaired) electrons. The number of rotatable bonds is 2. The van der Waals surface area contributed by atoms with Crippen molar-refractivity contribution in [3.63, 3.8) is 0 Å². The van der Waals surface area contributed by atoms with Crippen molar-refractivity contribution in [3.05, 3.63) is 0 Å². The number of guanidine groups is 1. The minimum absolute atomic E-state index is 0.0401. The van der Waals surface area contributed by atoms with Gasteiger partial charge < -0.3 is 10.1 Å². The molecule has 0 atom stereocenters. The fourth-order valence-electron chi connectivity index (χ4n) is 1.97. The largest absolute Gasteiger partial charge is 0.381 e. The lowest BCUT2D eigenvalue weighted by atomic mass is 9.90. The molecule has 2 heterocycles. The SMILES string of the molecule is CC(C)CN=C1NC(=O)C2(CCOCC2)N1. The molecule has 1 spiro atoms. The van der Waals surface area contributed by atoms with E-state index in [4.69, 9.17) is 4.74 Å². The van der Waals surface area contributed by atoms with Crippen LogP contribution in [0.1, 0.15) is 26.7 Å². The van der Waals surface area contributed by atoms with Crippen molar-refractivity contribution < 1.29 is 9.53 Å². The Labute approximate surface area is 95.6 Å². The van der Waals surface area contributed by atoms with Gasteiger partial charge in [-0.1, -0.05) is 13.8 Å². The van der Waals surface area contributed by atoms with E-state index in [2.05, 4.69) is 29.5 Å². The number of ether oxygens (including phenoxy) is 1. The summed E-state index contributed by atoms with van der Waals surface area (Å²) in [6.07, 6.45) is 1.44. The Morgan fingerprint density at radius 3 is 2.75 bits per heavy atom. The summed E-state index contributed by atoms with van der Waals surface area (Å²) in [5, 5.41) is 6.03. The predicted octanol–water partition coefficient (Wildman–Crippen LogP) is 0.267. The number of hydrogen-bond acceptors (Lipinski definition) is 3. The fourth-order valence-corrected chi connectivity index (χ4v) is 1.97. The van der Waals surface area contributed by atoms with Crippen LogP contribution in [0.4, 0.5) is 0 Å².